The van der Waals surface area contributed by atoms with E-state index in [-0.39, 0.29) is 5.56 Å². The van der Waals surface area contributed by atoms with Gasteiger partial charge in [-0.1, -0.05) is 0 Å². The van der Waals surface area contributed by atoms with Crippen LogP contribution in [0.5, 0.6) is 0 Å². The third-order valence-electron chi connectivity index (χ3n) is 3.36. The molecule has 1 aromatic heterocycles. The van der Waals surface area contributed by atoms with Crippen molar-refractivity contribution in [2.45, 2.75) is 27.2 Å². The summed E-state index contributed by atoms with van der Waals surface area (Å²) in [7, 11) is 4.05. The second-order valence-corrected chi connectivity index (χ2v) is 5.15. The Morgan fingerprint density at radius 3 is 2.35 bits per heavy atom. The van der Waals surface area contributed by atoms with Gasteiger partial charge in [-0.3, -0.25) is 0 Å². The Balaban J connectivity index is 3.03. The molecule has 20 heavy (non-hydrogen) atoms. The molecule has 0 atom stereocenters. The minimum atomic E-state index is -0.943. The van der Waals surface area contributed by atoms with Crippen LogP contribution in [0, 0.1) is 13.8 Å². The zero-order valence-electron chi connectivity index (χ0n) is 13.0. The second-order valence-electron chi connectivity index (χ2n) is 5.15. The third kappa shape index (κ3) is 3.90. The van der Waals surface area contributed by atoms with E-state index < -0.39 is 5.97 Å². The molecule has 6 heteroatoms. The maximum absolute atomic E-state index is 11.5. The summed E-state index contributed by atoms with van der Waals surface area (Å²) in [5.41, 5.74) is 1.62. The summed E-state index contributed by atoms with van der Waals surface area (Å²) in [4.78, 5) is 15.6. The molecule has 1 rings (SSSR count). The third-order valence-corrected chi connectivity index (χ3v) is 3.36. The molecule has 1 heterocycles. The van der Waals surface area contributed by atoms with Crippen molar-refractivity contribution in [2.24, 2.45) is 0 Å². The van der Waals surface area contributed by atoms with E-state index in [4.69, 9.17) is 0 Å². The van der Waals surface area contributed by atoms with E-state index in [0.29, 0.717) is 23.6 Å². The van der Waals surface area contributed by atoms with Crippen LogP contribution >= 0.6 is 0 Å². The first-order valence-corrected chi connectivity index (χ1v) is 6.85. The number of carbonyl (C=O) groups is 1. The Morgan fingerprint density at radius 2 is 1.85 bits per heavy atom. The van der Waals surface area contributed by atoms with E-state index in [0.717, 1.165) is 19.5 Å². The van der Waals surface area contributed by atoms with Crippen LogP contribution in [0.15, 0.2) is 0 Å². The lowest BCUT2D eigenvalue weighted by Gasteiger charge is -2.24. The van der Waals surface area contributed by atoms with Gasteiger partial charge >= 0.3 is 5.97 Å². The molecule has 1 aromatic rings. The lowest BCUT2D eigenvalue weighted by atomic mass is 10.1. The number of aromatic carboxylic acids is 1. The average Bonchev–Trinajstić information content (AvgIpc) is 2.37. The van der Waals surface area contributed by atoms with Gasteiger partial charge in [0, 0.05) is 13.1 Å². The molecule has 0 aliphatic carbocycles. The van der Waals surface area contributed by atoms with Crippen LogP contribution in [0.4, 0.5) is 5.82 Å². The number of hydrogen-bond acceptors (Lipinski definition) is 5. The summed E-state index contributed by atoms with van der Waals surface area (Å²) in [5, 5.41) is 17.6. The molecule has 0 radical (unpaired) electrons. The van der Waals surface area contributed by atoms with Crippen LogP contribution in [-0.4, -0.2) is 59.9 Å². The smallest absolute Gasteiger partial charge is 0.339 e. The largest absolute Gasteiger partial charge is 0.478 e. The van der Waals surface area contributed by atoms with Crippen molar-refractivity contribution in [2.75, 3.05) is 38.6 Å². The fourth-order valence-corrected chi connectivity index (χ4v) is 2.06. The molecule has 0 aliphatic rings. The highest BCUT2D eigenvalue weighted by molar-refractivity contribution is 5.95. The maximum Gasteiger partial charge on any atom is 0.339 e. The summed E-state index contributed by atoms with van der Waals surface area (Å²) >= 11 is 0. The molecule has 1 N–H and O–H groups in total. The fourth-order valence-electron chi connectivity index (χ4n) is 2.06. The highest BCUT2D eigenvalue weighted by Crippen LogP contribution is 2.22. The first-order valence-electron chi connectivity index (χ1n) is 6.85. The molecule has 112 valence electrons. The number of nitrogens with zero attached hydrogens (tertiary/aromatic N) is 4. The Bertz CT molecular complexity index is 474. The van der Waals surface area contributed by atoms with Crippen molar-refractivity contribution in [1.29, 1.82) is 0 Å². The summed E-state index contributed by atoms with van der Waals surface area (Å²) in [6, 6.07) is 0. The fraction of sp³-hybridized carbons (Fsp3) is 0.643. The highest BCUT2D eigenvalue weighted by Gasteiger charge is 2.21. The second kappa shape index (κ2) is 7.19. The average molecular weight is 280 g/mol. The van der Waals surface area contributed by atoms with Crippen LogP contribution in [0.25, 0.3) is 0 Å². The van der Waals surface area contributed by atoms with Gasteiger partial charge in [0.15, 0.2) is 5.82 Å². The van der Waals surface area contributed by atoms with Gasteiger partial charge in [0.25, 0.3) is 0 Å². The molecule has 0 aliphatic heterocycles. The molecule has 6 nitrogen and oxygen atoms in total. The zero-order chi connectivity index (χ0) is 15.3. The number of aryl methyl sites for hydroxylation is 1. The van der Waals surface area contributed by atoms with Crippen LogP contribution in [0.3, 0.4) is 0 Å². The number of rotatable bonds is 7. The van der Waals surface area contributed by atoms with Gasteiger partial charge in [-0.2, -0.15) is 5.10 Å². The Morgan fingerprint density at radius 1 is 1.20 bits per heavy atom. The van der Waals surface area contributed by atoms with Crippen molar-refractivity contribution < 1.29 is 9.90 Å². The van der Waals surface area contributed by atoms with Crippen LogP contribution in [-0.2, 0) is 0 Å². The molecule has 0 saturated carbocycles. The van der Waals surface area contributed by atoms with Gasteiger partial charge in [0.2, 0.25) is 0 Å². The lowest BCUT2D eigenvalue weighted by molar-refractivity contribution is 0.0696. The molecule has 0 amide bonds. The van der Waals surface area contributed by atoms with Crippen LogP contribution in [0.1, 0.15) is 35.0 Å². The first kappa shape index (κ1) is 16.4. The minimum Gasteiger partial charge on any atom is -0.478 e. The van der Waals surface area contributed by atoms with Crippen molar-refractivity contribution in [1.82, 2.24) is 15.1 Å². The molecular formula is C14H24N4O2. The van der Waals surface area contributed by atoms with Crippen molar-refractivity contribution in [3.8, 4) is 0 Å². The van der Waals surface area contributed by atoms with E-state index in [1.54, 1.807) is 13.8 Å². The number of carboxylic acid groups (broad SMARTS) is 1. The lowest BCUT2D eigenvalue weighted by Crippen LogP contribution is -2.30. The van der Waals surface area contributed by atoms with Gasteiger partial charge < -0.3 is 14.9 Å². The van der Waals surface area contributed by atoms with Crippen LogP contribution < -0.4 is 4.90 Å². The predicted octanol–water partition coefficient (Wildman–Crippen LogP) is 1.57. The molecule has 0 aromatic carbocycles. The molecular weight excluding hydrogens is 256 g/mol. The van der Waals surface area contributed by atoms with E-state index >= 15 is 0 Å². The van der Waals surface area contributed by atoms with Gasteiger partial charge in [-0.05, 0) is 53.4 Å². The molecule has 0 spiro atoms. The van der Waals surface area contributed by atoms with Gasteiger partial charge in [0.1, 0.15) is 5.56 Å². The normalized spacial score (nSPS) is 10.9. The minimum absolute atomic E-state index is 0.268. The Kier molecular flexibility index (Phi) is 5.88. The number of hydrogen-bond donors (Lipinski definition) is 1. The molecule has 0 fully saturated rings. The summed E-state index contributed by atoms with van der Waals surface area (Å²) in [6.07, 6.45) is 0.953. The van der Waals surface area contributed by atoms with E-state index in [2.05, 4.69) is 15.1 Å². The predicted molar refractivity (Wildman–Crippen MR) is 79.5 cm³/mol. The van der Waals surface area contributed by atoms with E-state index in [1.807, 2.05) is 25.9 Å². The van der Waals surface area contributed by atoms with Crippen molar-refractivity contribution in [3.05, 3.63) is 16.8 Å². The number of carboxylic acids is 1. The highest BCUT2D eigenvalue weighted by atomic mass is 16.4. The Labute approximate surface area is 120 Å². The number of aromatic nitrogens is 2. The summed E-state index contributed by atoms with van der Waals surface area (Å²) in [5.74, 6) is -0.469. The molecule has 0 bridgehead atoms. The topological polar surface area (TPSA) is 69.6 Å². The zero-order valence-corrected chi connectivity index (χ0v) is 13.0. The van der Waals surface area contributed by atoms with Gasteiger partial charge in [-0.15, -0.1) is 5.10 Å². The maximum atomic E-state index is 11.5. The standard InChI is InChI=1S/C14H24N4O2/c1-6-18(9-7-8-17(4)5)13-12(14(19)20)10(2)11(3)15-16-13/h6-9H2,1-5H3,(H,19,20). The summed E-state index contributed by atoms with van der Waals surface area (Å²) < 4.78 is 0. The summed E-state index contributed by atoms with van der Waals surface area (Å²) in [6.45, 7) is 8.00. The number of anilines is 1. The first-order chi connectivity index (χ1) is 9.38. The van der Waals surface area contributed by atoms with Crippen molar-refractivity contribution >= 4 is 11.8 Å². The van der Waals surface area contributed by atoms with Crippen LogP contribution in [0.2, 0.25) is 0 Å². The van der Waals surface area contributed by atoms with E-state index in [9.17, 15) is 9.90 Å². The van der Waals surface area contributed by atoms with Gasteiger partial charge in [-0.25, -0.2) is 4.79 Å². The SMILES string of the molecule is CCN(CCCN(C)C)c1nnc(C)c(C)c1C(=O)O. The Hall–Kier alpha value is -1.69. The van der Waals surface area contributed by atoms with E-state index in [1.165, 1.54) is 0 Å². The molecule has 0 saturated heterocycles. The quantitative estimate of drug-likeness (QED) is 0.817. The van der Waals surface area contributed by atoms with Crippen molar-refractivity contribution in [3.63, 3.8) is 0 Å². The molecule has 0 unspecified atom stereocenters. The monoisotopic (exact) mass is 280 g/mol. The van der Waals surface area contributed by atoms with Gasteiger partial charge in [0.05, 0.1) is 5.69 Å².